The van der Waals surface area contributed by atoms with Crippen molar-refractivity contribution in [2.45, 2.75) is 38.4 Å². The molecular formula is C15H20F3NO. The molecule has 0 bridgehead atoms. The van der Waals surface area contributed by atoms with E-state index in [0.717, 1.165) is 31.7 Å². The number of alkyl halides is 3. The Labute approximate surface area is 117 Å². The average Bonchev–Trinajstić information content (AvgIpc) is 2.88. The van der Waals surface area contributed by atoms with Gasteiger partial charge in [0.15, 0.2) is 0 Å². The molecular weight excluding hydrogens is 267 g/mol. The second-order valence-electron chi connectivity index (χ2n) is 5.67. The van der Waals surface area contributed by atoms with Gasteiger partial charge in [0.1, 0.15) is 0 Å². The molecule has 0 saturated heterocycles. The number of aliphatic hydroxyl groups excluding tert-OH is 1. The molecule has 0 spiro atoms. The molecule has 1 aromatic rings. The van der Waals surface area contributed by atoms with Crippen molar-refractivity contribution < 1.29 is 18.3 Å². The molecule has 0 atom stereocenters. The van der Waals surface area contributed by atoms with Crippen LogP contribution in [0, 0.1) is 5.41 Å². The quantitative estimate of drug-likeness (QED) is 0.870. The number of hydrogen-bond acceptors (Lipinski definition) is 2. The highest BCUT2D eigenvalue weighted by atomic mass is 19.4. The third-order valence-electron chi connectivity index (χ3n) is 4.08. The Balaban J connectivity index is 1.91. The number of aliphatic hydroxyl groups is 1. The lowest BCUT2D eigenvalue weighted by Crippen LogP contribution is -2.34. The summed E-state index contributed by atoms with van der Waals surface area (Å²) in [7, 11) is 0. The van der Waals surface area contributed by atoms with Crippen LogP contribution in [0.2, 0.25) is 0 Å². The normalized spacial score (nSPS) is 18.4. The van der Waals surface area contributed by atoms with Crippen LogP contribution >= 0.6 is 0 Å². The van der Waals surface area contributed by atoms with Crippen molar-refractivity contribution in [1.82, 2.24) is 5.32 Å². The molecule has 1 aliphatic carbocycles. The van der Waals surface area contributed by atoms with Crippen LogP contribution < -0.4 is 5.32 Å². The smallest absolute Gasteiger partial charge is 0.396 e. The standard InChI is InChI=1S/C15H20F3NO/c16-15(17,18)13-5-3-4-12(8-13)9-19-10-14(11-20)6-1-2-7-14/h3-5,8,19-20H,1-2,6-7,9-11H2. The lowest BCUT2D eigenvalue weighted by Gasteiger charge is -2.26. The summed E-state index contributed by atoms with van der Waals surface area (Å²) >= 11 is 0. The molecule has 1 aromatic carbocycles. The van der Waals surface area contributed by atoms with Gasteiger partial charge in [0.05, 0.1) is 5.56 Å². The highest BCUT2D eigenvalue weighted by molar-refractivity contribution is 5.25. The first kappa shape index (κ1) is 15.3. The summed E-state index contributed by atoms with van der Waals surface area (Å²) in [4.78, 5) is 0. The fourth-order valence-corrected chi connectivity index (χ4v) is 2.85. The van der Waals surface area contributed by atoms with E-state index in [-0.39, 0.29) is 12.0 Å². The molecule has 20 heavy (non-hydrogen) atoms. The Kier molecular flexibility index (Phi) is 4.70. The van der Waals surface area contributed by atoms with E-state index in [9.17, 15) is 18.3 Å². The van der Waals surface area contributed by atoms with Gasteiger partial charge < -0.3 is 10.4 Å². The fourth-order valence-electron chi connectivity index (χ4n) is 2.85. The Hall–Kier alpha value is -1.07. The Morgan fingerprint density at radius 2 is 1.90 bits per heavy atom. The lowest BCUT2D eigenvalue weighted by molar-refractivity contribution is -0.137. The van der Waals surface area contributed by atoms with Gasteiger partial charge in [-0.05, 0) is 24.5 Å². The van der Waals surface area contributed by atoms with Gasteiger partial charge in [0.2, 0.25) is 0 Å². The first-order valence-electron chi connectivity index (χ1n) is 6.93. The Morgan fingerprint density at radius 1 is 1.20 bits per heavy atom. The van der Waals surface area contributed by atoms with Gasteiger partial charge in [-0.2, -0.15) is 13.2 Å². The second-order valence-corrected chi connectivity index (χ2v) is 5.67. The molecule has 0 aliphatic heterocycles. The van der Waals surface area contributed by atoms with Crippen LogP contribution in [0.5, 0.6) is 0 Å². The van der Waals surface area contributed by atoms with E-state index in [1.165, 1.54) is 12.1 Å². The highest BCUT2D eigenvalue weighted by Crippen LogP contribution is 2.37. The van der Waals surface area contributed by atoms with Crippen molar-refractivity contribution in [3.63, 3.8) is 0 Å². The number of benzene rings is 1. The van der Waals surface area contributed by atoms with Gasteiger partial charge in [-0.1, -0.05) is 31.0 Å². The molecule has 0 heterocycles. The van der Waals surface area contributed by atoms with Crippen molar-refractivity contribution in [3.05, 3.63) is 35.4 Å². The molecule has 1 saturated carbocycles. The van der Waals surface area contributed by atoms with Crippen molar-refractivity contribution in [3.8, 4) is 0 Å². The van der Waals surface area contributed by atoms with E-state index in [0.29, 0.717) is 18.7 Å². The third-order valence-corrected chi connectivity index (χ3v) is 4.08. The third kappa shape index (κ3) is 3.73. The van der Waals surface area contributed by atoms with E-state index in [1.54, 1.807) is 6.07 Å². The van der Waals surface area contributed by atoms with Crippen LogP contribution in [0.15, 0.2) is 24.3 Å². The lowest BCUT2D eigenvalue weighted by atomic mass is 9.87. The largest absolute Gasteiger partial charge is 0.416 e. The topological polar surface area (TPSA) is 32.3 Å². The molecule has 2 nitrogen and oxygen atoms in total. The van der Waals surface area contributed by atoms with E-state index in [4.69, 9.17) is 0 Å². The molecule has 1 fully saturated rings. The van der Waals surface area contributed by atoms with E-state index in [2.05, 4.69) is 5.32 Å². The first-order valence-corrected chi connectivity index (χ1v) is 6.93. The van der Waals surface area contributed by atoms with Gasteiger partial charge in [-0.15, -0.1) is 0 Å². The predicted molar refractivity (Wildman–Crippen MR) is 71.1 cm³/mol. The summed E-state index contributed by atoms with van der Waals surface area (Å²) in [6, 6.07) is 5.36. The van der Waals surface area contributed by atoms with Crippen molar-refractivity contribution in [1.29, 1.82) is 0 Å². The molecule has 0 radical (unpaired) electrons. The highest BCUT2D eigenvalue weighted by Gasteiger charge is 2.33. The molecule has 112 valence electrons. The number of nitrogens with one attached hydrogen (secondary N) is 1. The molecule has 2 rings (SSSR count). The fraction of sp³-hybridized carbons (Fsp3) is 0.600. The molecule has 0 amide bonds. The van der Waals surface area contributed by atoms with Crippen molar-refractivity contribution in [2.24, 2.45) is 5.41 Å². The Bertz CT molecular complexity index is 439. The molecule has 2 N–H and O–H groups in total. The van der Waals surface area contributed by atoms with Gasteiger partial charge in [0.25, 0.3) is 0 Å². The number of rotatable bonds is 5. The predicted octanol–water partition coefficient (Wildman–Crippen LogP) is 3.35. The van der Waals surface area contributed by atoms with E-state index >= 15 is 0 Å². The summed E-state index contributed by atoms with van der Waals surface area (Å²) in [5, 5.41) is 12.7. The van der Waals surface area contributed by atoms with Gasteiger partial charge in [0, 0.05) is 25.1 Å². The zero-order valence-electron chi connectivity index (χ0n) is 11.3. The van der Waals surface area contributed by atoms with Crippen LogP contribution in [-0.2, 0) is 12.7 Å². The number of hydrogen-bond donors (Lipinski definition) is 2. The van der Waals surface area contributed by atoms with Crippen LogP contribution in [0.25, 0.3) is 0 Å². The second kappa shape index (κ2) is 6.14. The average molecular weight is 287 g/mol. The maximum Gasteiger partial charge on any atom is 0.416 e. The van der Waals surface area contributed by atoms with Gasteiger partial charge in [-0.3, -0.25) is 0 Å². The summed E-state index contributed by atoms with van der Waals surface area (Å²) in [6.07, 6.45) is -0.0937. The molecule has 0 unspecified atom stereocenters. The maximum absolute atomic E-state index is 12.6. The minimum atomic E-state index is -4.30. The van der Waals surface area contributed by atoms with Crippen LogP contribution in [0.1, 0.15) is 36.8 Å². The Morgan fingerprint density at radius 3 is 2.50 bits per heavy atom. The number of halogens is 3. The van der Waals surface area contributed by atoms with Gasteiger partial charge in [-0.25, -0.2) is 0 Å². The van der Waals surface area contributed by atoms with Crippen LogP contribution in [0.3, 0.4) is 0 Å². The molecule has 0 aromatic heterocycles. The summed E-state index contributed by atoms with van der Waals surface area (Å²) in [5.74, 6) is 0. The monoisotopic (exact) mass is 287 g/mol. The zero-order chi connectivity index (χ0) is 14.6. The minimum Gasteiger partial charge on any atom is -0.396 e. The summed E-state index contributed by atoms with van der Waals surface area (Å²) in [6.45, 7) is 1.19. The zero-order valence-corrected chi connectivity index (χ0v) is 11.3. The SMILES string of the molecule is OCC1(CNCc2cccc(C(F)(F)F)c2)CCCC1. The van der Waals surface area contributed by atoms with E-state index < -0.39 is 11.7 Å². The van der Waals surface area contributed by atoms with Gasteiger partial charge >= 0.3 is 6.18 Å². The van der Waals surface area contributed by atoms with E-state index in [1.807, 2.05) is 0 Å². The van der Waals surface area contributed by atoms with Crippen LogP contribution in [-0.4, -0.2) is 18.3 Å². The van der Waals surface area contributed by atoms with Crippen molar-refractivity contribution in [2.75, 3.05) is 13.2 Å². The summed E-state index contributed by atoms with van der Waals surface area (Å²) in [5.41, 5.74) is -0.0813. The minimum absolute atomic E-state index is 0.0817. The van der Waals surface area contributed by atoms with Crippen molar-refractivity contribution >= 4 is 0 Å². The van der Waals surface area contributed by atoms with Crippen LogP contribution in [0.4, 0.5) is 13.2 Å². The maximum atomic E-state index is 12.6. The molecule has 5 heteroatoms. The first-order chi connectivity index (χ1) is 9.45. The summed E-state index contributed by atoms with van der Waals surface area (Å²) < 4.78 is 37.8. The molecule has 1 aliphatic rings.